The van der Waals surface area contributed by atoms with E-state index in [0.717, 1.165) is 18.5 Å². The van der Waals surface area contributed by atoms with Gasteiger partial charge in [-0.05, 0) is 54.5 Å². The van der Waals surface area contributed by atoms with Gasteiger partial charge >= 0.3 is 5.97 Å². The number of rotatable bonds is 5. The fraction of sp³-hybridized carbons (Fsp3) is 0.316. The number of nitrogens with two attached hydrogens (primary N) is 1. The zero-order chi connectivity index (χ0) is 18.1. The highest BCUT2D eigenvalue weighted by molar-refractivity contribution is 6.42. The second kappa shape index (κ2) is 7.14. The van der Waals surface area contributed by atoms with E-state index in [1.165, 1.54) is 5.56 Å². The zero-order valence-electron chi connectivity index (χ0n) is 13.8. The number of carboxylic acid groups (broad SMARTS) is 1. The lowest BCUT2D eigenvalue weighted by Gasteiger charge is -2.38. The summed E-state index contributed by atoms with van der Waals surface area (Å²) < 4.78 is 0. The smallest absolute Gasteiger partial charge is 0.306 e. The second-order valence-corrected chi connectivity index (χ2v) is 7.47. The van der Waals surface area contributed by atoms with E-state index in [-0.39, 0.29) is 11.8 Å². The highest BCUT2D eigenvalue weighted by Crippen LogP contribution is 2.45. The molecular weight excluding hydrogens is 359 g/mol. The molecule has 1 aliphatic rings. The van der Waals surface area contributed by atoms with Crippen LogP contribution in [0.2, 0.25) is 10.0 Å². The quantitative estimate of drug-likeness (QED) is 0.597. The van der Waals surface area contributed by atoms with Crippen molar-refractivity contribution in [2.45, 2.75) is 25.7 Å². The Morgan fingerprint density at radius 3 is 2.40 bits per heavy atom. The van der Waals surface area contributed by atoms with E-state index in [1.54, 1.807) is 19.1 Å². The summed E-state index contributed by atoms with van der Waals surface area (Å²) in [6.45, 7) is 1.79. The minimum atomic E-state index is -0.706. The number of hydrogen-bond donors (Lipinski definition) is 3. The summed E-state index contributed by atoms with van der Waals surface area (Å²) in [6, 6.07) is 11.5. The lowest BCUT2D eigenvalue weighted by molar-refractivity contribution is -0.144. The molecule has 4 nitrogen and oxygen atoms in total. The molecule has 0 spiro atoms. The first-order valence-electron chi connectivity index (χ1n) is 8.19. The Kier molecular flexibility index (Phi) is 5.11. The first kappa shape index (κ1) is 17.9. The Balaban J connectivity index is 1.64. The lowest BCUT2D eigenvalue weighted by Crippen LogP contribution is -2.31. The maximum Gasteiger partial charge on any atom is 0.306 e. The Morgan fingerprint density at radius 2 is 1.80 bits per heavy atom. The van der Waals surface area contributed by atoms with Gasteiger partial charge in [0.2, 0.25) is 0 Å². The van der Waals surface area contributed by atoms with Crippen LogP contribution in [0.1, 0.15) is 31.2 Å². The molecule has 1 fully saturated rings. The summed E-state index contributed by atoms with van der Waals surface area (Å²) in [5.41, 5.74) is 9.34. The van der Waals surface area contributed by atoms with E-state index in [1.807, 2.05) is 12.1 Å². The third-order valence-corrected chi connectivity index (χ3v) is 5.75. The van der Waals surface area contributed by atoms with Gasteiger partial charge in [-0.1, -0.05) is 42.3 Å². The van der Waals surface area contributed by atoms with E-state index in [0.29, 0.717) is 27.3 Å². The van der Waals surface area contributed by atoms with Crippen LogP contribution >= 0.6 is 23.2 Å². The summed E-state index contributed by atoms with van der Waals surface area (Å²) in [6.07, 6.45) is 1.86. The van der Waals surface area contributed by atoms with Crippen molar-refractivity contribution in [2.24, 2.45) is 11.8 Å². The molecule has 1 atom stereocenters. The molecule has 0 aliphatic heterocycles. The molecule has 0 bridgehead atoms. The molecular formula is C19H20Cl2N2O2. The number of carboxylic acids is 1. The van der Waals surface area contributed by atoms with Gasteiger partial charge in [-0.3, -0.25) is 4.79 Å². The molecule has 3 rings (SSSR count). The van der Waals surface area contributed by atoms with Crippen LogP contribution in [0.4, 0.5) is 17.1 Å². The molecule has 0 heterocycles. The van der Waals surface area contributed by atoms with Crippen molar-refractivity contribution in [1.82, 2.24) is 0 Å². The molecule has 1 saturated carbocycles. The number of nitrogen functional groups attached to an aromatic ring is 1. The molecule has 2 aromatic carbocycles. The fourth-order valence-corrected chi connectivity index (χ4v) is 3.54. The molecule has 2 aromatic rings. The van der Waals surface area contributed by atoms with Gasteiger partial charge in [0, 0.05) is 5.69 Å². The van der Waals surface area contributed by atoms with Gasteiger partial charge in [0.1, 0.15) is 0 Å². The van der Waals surface area contributed by atoms with Crippen LogP contribution in [0.3, 0.4) is 0 Å². The minimum absolute atomic E-state index is 0.269. The third-order valence-electron chi connectivity index (χ3n) is 5.02. The van der Waals surface area contributed by atoms with E-state index in [9.17, 15) is 4.79 Å². The van der Waals surface area contributed by atoms with Crippen LogP contribution < -0.4 is 11.1 Å². The van der Waals surface area contributed by atoms with Gasteiger partial charge in [-0.25, -0.2) is 0 Å². The standard InChI is InChI=1S/C19H20Cl2N2O2/c1-10(19(24)25)12-6-13(7-12)11-2-4-14(5-3-11)23-18-9-16(21)15(20)8-17(18)22/h2-5,8-10,12-13,23H,6-7,22H2,1H3,(H,24,25). The van der Waals surface area contributed by atoms with Crippen LogP contribution in [-0.2, 0) is 4.79 Å². The highest BCUT2D eigenvalue weighted by Gasteiger charge is 2.36. The second-order valence-electron chi connectivity index (χ2n) is 6.66. The summed E-state index contributed by atoms with van der Waals surface area (Å²) >= 11 is 12.0. The Labute approximate surface area is 156 Å². The first-order valence-corrected chi connectivity index (χ1v) is 8.95. The van der Waals surface area contributed by atoms with Crippen LogP contribution in [0, 0.1) is 11.8 Å². The molecule has 0 saturated heterocycles. The number of halogens is 2. The number of benzene rings is 2. The highest BCUT2D eigenvalue weighted by atomic mass is 35.5. The summed E-state index contributed by atoms with van der Waals surface area (Å²) in [7, 11) is 0. The monoisotopic (exact) mass is 378 g/mol. The molecule has 132 valence electrons. The molecule has 1 aliphatic carbocycles. The summed E-state index contributed by atoms with van der Waals surface area (Å²) in [5, 5.41) is 13.2. The largest absolute Gasteiger partial charge is 0.481 e. The van der Waals surface area contributed by atoms with Crippen LogP contribution in [0.15, 0.2) is 36.4 Å². The number of anilines is 3. The predicted octanol–water partition coefficient (Wildman–Crippen LogP) is 5.53. The third kappa shape index (κ3) is 3.86. The SMILES string of the molecule is CC(C(=O)O)C1CC(c2ccc(Nc3cc(Cl)c(Cl)cc3N)cc2)C1. The van der Waals surface area contributed by atoms with Crippen LogP contribution in [-0.4, -0.2) is 11.1 Å². The average Bonchev–Trinajstić information content (AvgIpc) is 2.52. The molecule has 4 N–H and O–H groups in total. The van der Waals surface area contributed by atoms with Crippen molar-refractivity contribution in [3.8, 4) is 0 Å². The number of aliphatic carboxylic acids is 1. The predicted molar refractivity (Wildman–Crippen MR) is 103 cm³/mol. The maximum absolute atomic E-state index is 11.0. The summed E-state index contributed by atoms with van der Waals surface area (Å²) in [4.78, 5) is 11.0. The van der Waals surface area contributed by atoms with Gasteiger partial charge in [0.15, 0.2) is 0 Å². The van der Waals surface area contributed by atoms with Crippen molar-refractivity contribution >= 4 is 46.2 Å². The van der Waals surface area contributed by atoms with E-state index in [2.05, 4.69) is 17.4 Å². The Hall–Kier alpha value is -1.91. The lowest BCUT2D eigenvalue weighted by atomic mass is 9.66. The van der Waals surface area contributed by atoms with Crippen LogP contribution in [0.5, 0.6) is 0 Å². The summed E-state index contributed by atoms with van der Waals surface area (Å²) in [5.74, 6) is -0.260. The first-order chi connectivity index (χ1) is 11.8. The minimum Gasteiger partial charge on any atom is -0.481 e. The van der Waals surface area contributed by atoms with Crippen molar-refractivity contribution in [2.75, 3.05) is 11.1 Å². The molecule has 0 amide bonds. The van der Waals surface area contributed by atoms with Crippen molar-refractivity contribution in [1.29, 1.82) is 0 Å². The number of carbonyl (C=O) groups is 1. The van der Waals surface area contributed by atoms with E-state index in [4.69, 9.17) is 34.0 Å². The Morgan fingerprint density at radius 1 is 1.20 bits per heavy atom. The van der Waals surface area contributed by atoms with Gasteiger partial charge in [-0.15, -0.1) is 0 Å². The molecule has 1 unspecified atom stereocenters. The molecule has 6 heteroatoms. The van der Waals surface area contributed by atoms with Gasteiger partial charge in [-0.2, -0.15) is 0 Å². The van der Waals surface area contributed by atoms with Crippen LogP contribution in [0.25, 0.3) is 0 Å². The van der Waals surface area contributed by atoms with Crippen molar-refractivity contribution in [3.05, 3.63) is 52.0 Å². The van der Waals surface area contributed by atoms with Gasteiger partial charge in [0.05, 0.1) is 27.3 Å². The zero-order valence-corrected chi connectivity index (χ0v) is 15.3. The molecule has 0 aromatic heterocycles. The Bertz CT molecular complexity index is 787. The number of hydrogen-bond acceptors (Lipinski definition) is 3. The molecule has 25 heavy (non-hydrogen) atoms. The average molecular weight is 379 g/mol. The van der Waals surface area contributed by atoms with Crippen molar-refractivity contribution < 1.29 is 9.90 Å². The van der Waals surface area contributed by atoms with E-state index >= 15 is 0 Å². The number of nitrogens with one attached hydrogen (secondary N) is 1. The maximum atomic E-state index is 11.0. The van der Waals surface area contributed by atoms with Gasteiger partial charge in [0.25, 0.3) is 0 Å². The topological polar surface area (TPSA) is 75.3 Å². The van der Waals surface area contributed by atoms with Crippen molar-refractivity contribution in [3.63, 3.8) is 0 Å². The fourth-order valence-electron chi connectivity index (χ4n) is 3.21. The van der Waals surface area contributed by atoms with Gasteiger partial charge < -0.3 is 16.2 Å². The van der Waals surface area contributed by atoms with E-state index < -0.39 is 5.97 Å². The molecule has 0 radical (unpaired) electrons. The normalized spacial score (nSPS) is 20.6.